The molecule has 0 radical (unpaired) electrons. The van der Waals surface area contributed by atoms with Crippen molar-refractivity contribution in [3.8, 4) is 0 Å². The number of nitrogens with one attached hydrogen (secondary N) is 1. The Balaban J connectivity index is 1.37. The average molecular weight is 393 g/mol. The van der Waals surface area contributed by atoms with Gasteiger partial charge >= 0.3 is 0 Å². The first kappa shape index (κ1) is 18.9. The van der Waals surface area contributed by atoms with Gasteiger partial charge < -0.3 is 15.0 Å². The van der Waals surface area contributed by atoms with Crippen LogP contribution in [0.5, 0.6) is 0 Å². The predicted octanol–water partition coefficient (Wildman–Crippen LogP) is 4.98. The van der Waals surface area contributed by atoms with E-state index in [1.807, 2.05) is 0 Å². The van der Waals surface area contributed by atoms with E-state index in [1.54, 1.807) is 0 Å². The second kappa shape index (κ2) is 8.31. The van der Waals surface area contributed by atoms with Crippen LogP contribution in [0.1, 0.15) is 68.2 Å². The molecular weight excluding hydrogens is 360 g/mol. The summed E-state index contributed by atoms with van der Waals surface area (Å²) in [7, 11) is 0. The summed E-state index contributed by atoms with van der Waals surface area (Å²) in [6.07, 6.45) is 10.4. The molecule has 5 rings (SSSR count). The smallest absolute Gasteiger partial charge is 0.227 e. The lowest BCUT2D eigenvalue weighted by molar-refractivity contribution is 0.0526. The zero-order chi connectivity index (χ0) is 19.6. The third-order valence-electron chi connectivity index (χ3n) is 6.70. The van der Waals surface area contributed by atoms with E-state index in [0.29, 0.717) is 0 Å². The van der Waals surface area contributed by atoms with Crippen molar-refractivity contribution in [3.63, 3.8) is 0 Å². The Hall–Kier alpha value is -2.14. The van der Waals surface area contributed by atoms with E-state index in [9.17, 15) is 0 Å². The number of ether oxygens (including phenoxy) is 1. The molecule has 1 saturated heterocycles. The number of benzene rings is 1. The Morgan fingerprint density at radius 3 is 2.62 bits per heavy atom. The van der Waals surface area contributed by atoms with Gasteiger partial charge in [0.25, 0.3) is 0 Å². The monoisotopic (exact) mass is 392 g/mol. The maximum absolute atomic E-state index is 5.70. The maximum Gasteiger partial charge on any atom is 0.227 e. The molecule has 2 fully saturated rings. The number of hydrogen-bond acceptors (Lipinski definition) is 5. The fourth-order valence-electron chi connectivity index (χ4n) is 5.08. The number of aryl methyl sites for hydroxylation is 1. The Kier molecular flexibility index (Phi) is 5.40. The number of morpholine rings is 1. The minimum Gasteiger partial charge on any atom is -0.375 e. The molecule has 1 atom stereocenters. The molecule has 1 unspecified atom stereocenters. The van der Waals surface area contributed by atoms with Crippen LogP contribution in [0, 0.1) is 0 Å². The van der Waals surface area contributed by atoms with Gasteiger partial charge in [0.15, 0.2) is 0 Å². The summed E-state index contributed by atoms with van der Waals surface area (Å²) in [6.45, 7) is 4.58. The van der Waals surface area contributed by atoms with Gasteiger partial charge in [-0.3, -0.25) is 0 Å². The molecule has 2 aromatic rings. The zero-order valence-electron chi connectivity index (χ0n) is 17.5. The van der Waals surface area contributed by atoms with Crippen LogP contribution in [0.3, 0.4) is 0 Å². The fourth-order valence-corrected chi connectivity index (χ4v) is 5.08. The highest BCUT2D eigenvalue weighted by atomic mass is 16.5. The van der Waals surface area contributed by atoms with E-state index in [0.717, 1.165) is 55.9 Å². The highest BCUT2D eigenvalue weighted by molar-refractivity contribution is 5.63. The zero-order valence-corrected chi connectivity index (χ0v) is 17.5. The van der Waals surface area contributed by atoms with E-state index in [4.69, 9.17) is 14.7 Å². The molecule has 5 heteroatoms. The highest BCUT2D eigenvalue weighted by Gasteiger charge is 2.24. The van der Waals surface area contributed by atoms with Gasteiger partial charge in [-0.2, -0.15) is 4.98 Å². The van der Waals surface area contributed by atoms with Crippen LogP contribution in [-0.4, -0.2) is 35.8 Å². The quantitative estimate of drug-likeness (QED) is 0.795. The lowest BCUT2D eigenvalue weighted by atomic mass is 9.84. The standard InChI is InChI=1S/C24H32N4O/c1-17-16-28(14-15-29-17)24-26-22-9-5-8-21(22)23(27-24)25-20-12-10-19(11-13-20)18-6-3-2-4-7-18/h10-13,17-18H,2-9,14-16H2,1H3,(H,25,26,27). The van der Waals surface area contributed by atoms with Gasteiger partial charge in [0.05, 0.1) is 18.4 Å². The summed E-state index contributed by atoms with van der Waals surface area (Å²) in [5, 5.41) is 3.62. The largest absolute Gasteiger partial charge is 0.375 e. The molecule has 3 aliphatic rings. The van der Waals surface area contributed by atoms with Gasteiger partial charge in [0.1, 0.15) is 5.82 Å². The lowest BCUT2D eigenvalue weighted by Gasteiger charge is -2.31. The van der Waals surface area contributed by atoms with Crippen molar-refractivity contribution >= 4 is 17.5 Å². The van der Waals surface area contributed by atoms with Gasteiger partial charge in [0, 0.05) is 24.3 Å². The molecule has 1 N–H and O–H groups in total. The van der Waals surface area contributed by atoms with Crippen LogP contribution in [-0.2, 0) is 17.6 Å². The predicted molar refractivity (Wildman–Crippen MR) is 117 cm³/mol. The Morgan fingerprint density at radius 2 is 1.83 bits per heavy atom. The second-order valence-corrected chi connectivity index (χ2v) is 8.86. The summed E-state index contributed by atoms with van der Waals surface area (Å²) in [5.74, 6) is 2.59. The van der Waals surface area contributed by atoms with E-state index < -0.39 is 0 Å². The molecule has 0 bridgehead atoms. The third-order valence-corrected chi connectivity index (χ3v) is 6.70. The van der Waals surface area contributed by atoms with Gasteiger partial charge in [-0.25, -0.2) is 4.98 Å². The summed E-state index contributed by atoms with van der Waals surface area (Å²) in [4.78, 5) is 12.1. The van der Waals surface area contributed by atoms with Crippen LogP contribution in [0.4, 0.5) is 17.5 Å². The molecule has 1 aromatic carbocycles. The van der Waals surface area contributed by atoms with Crippen LogP contribution >= 0.6 is 0 Å². The molecule has 2 heterocycles. The van der Waals surface area contributed by atoms with Gasteiger partial charge in [-0.05, 0) is 62.6 Å². The first-order valence-electron chi connectivity index (χ1n) is 11.4. The molecule has 2 aliphatic carbocycles. The normalized spacial score (nSPS) is 22.5. The Bertz CT molecular complexity index is 845. The molecule has 1 aromatic heterocycles. The number of aromatic nitrogens is 2. The van der Waals surface area contributed by atoms with E-state index in [2.05, 4.69) is 41.4 Å². The average Bonchev–Trinajstić information content (AvgIpc) is 3.24. The summed E-state index contributed by atoms with van der Waals surface area (Å²) < 4.78 is 5.70. The molecule has 0 amide bonds. The first-order valence-corrected chi connectivity index (χ1v) is 11.4. The fraction of sp³-hybridized carbons (Fsp3) is 0.583. The maximum atomic E-state index is 5.70. The van der Waals surface area contributed by atoms with Gasteiger partial charge in [-0.1, -0.05) is 31.4 Å². The first-order chi connectivity index (χ1) is 14.3. The minimum atomic E-state index is 0.226. The van der Waals surface area contributed by atoms with E-state index >= 15 is 0 Å². The van der Waals surface area contributed by atoms with Crippen LogP contribution in [0.15, 0.2) is 24.3 Å². The molecular formula is C24H32N4O. The van der Waals surface area contributed by atoms with Crippen molar-refractivity contribution < 1.29 is 4.74 Å². The van der Waals surface area contributed by atoms with Crippen LogP contribution in [0.25, 0.3) is 0 Å². The third kappa shape index (κ3) is 4.11. The molecule has 5 nitrogen and oxygen atoms in total. The number of nitrogens with zero attached hydrogens (tertiary/aromatic N) is 3. The summed E-state index contributed by atoms with van der Waals surface area (Å²) in [5.41, 5.74) is 5.13. The number of hydrogen-bond donors (Lipinski definition) is 1. The van der Waals surface area contributed by atoms with Gasteiger partial charge in [0.2, 0.25) is 5.95 Å². The summed E-state index contributed by atoms with van der Waals surface area (Å²) >= 11 is 0. The molecule has 1 aliphatic heterocycles. The number of rotatable bonds is 4. The minimum absolute atomic E-state index is 0.226. The Morgan fingerprint density at radius 1 is 1.00 bits per heavy atom. The topological polar surface area (TPSA) is 50.3 Å². The lowest BCUT2D eigenvalue weighted by Crippen LogP contribution is -2.42. The SMILES string of the molecule is CC1CN(c2nc3c(c(Nc4ccc(C5CCCCC5)cc4)n2)CCC3)CCO1. The Labute approximate surface area is 173 Å². The van der Waals surface area contributed by atoms with E-state index in [1.165, 1.54) is 55.3 Å². The van der Waals surface area contributed by atoms with Crippen molar-refractivity contribution in [2.24, 2.45) is 0 Å². The molecule has 154 valence electrons. The van der Waals surface area contributed by atoms with Crippen molar-refractivity contribution in [1.29, 1.82) is 0 Å². The molecule has 0 spiro atoms. The van der Waals surface area contributed by atoms with Crippen molar-refractivity contribution in [2.45, 2.75) is 70.3 Å². The second-order valence-electron chi connectivity index (χ2n) is 8.86. The van der Waals surface area contributed by atoms with Crippen LogP contribution < -0.4 is 10.2 Å². The van der Waals surface area contributed by atoms with Crippen LogP contribution in [0.2, 0.25) is 0 Å². The number of anilines is 3. The van der Waals surface area contributed by atoms with Crippen molar-refractivity contribution in [1.82, 2.24) is 9.97 Å². The van der Waals surface area contributed by atoms with Gasteiger partial charge in [-0.15, -0.1) is 0 Å². The summed E-state index contributed by atoms with van der Waals surface area (Å²) in [6, 6.07) is 9.07. The van der Waals surface area contributed by atoms with Crippen molar-refractivity contribution in [3.05, 3.63) is 41.1 Å². The van der Waals surface area contributed by atoms with Crippen molar-refractivity contribution in [2.75, 3.05) is 29.9 Å². The highest BCUT2D eigenvalue weighted by Crippen LogP contribution is 2.34. The number of fused-ring (bicyclic) bond motifs is 1. The molecule has 1 saturated carbocycles. The molecule has 29 heavy (non-hydrogen) atoms. The van der Waals surface area contributed by atoms with E-state index in [-0.39, 0.29) is 6.10 Å².